The molecule has 5 nitrogen and oxygen atoms in total. The summed E-state index contributed by atoms with van der Waals surface area (Å²) in [7, 11) is 3.96. The molecule has 0 aliphatic heterocycles. The summed E-state index contributed by atoms with van der Waals surface area (Å²) in [5, 5.41) is 2.93. The predicted octanol–water partition coefficient (Wildman–Crippen LogP) is 1.59. The van der Waals surface area contributed by atoms with Gasteiger partial charge in [-0.1, -0.05) is 6.08 Å². The Hall–Kier alpha value is -1.02. The van der Waals surface area contributed by atoms with E-state index in [1.165, 1.54) is 0 Å². The molecule has 1 rings (SSSR count). The standard InChI is InChI=1S/C12H20N4O.HI/c1-4-7-14-12(13)15-9-10(16(2)3)11-6-5-8-17-11;/h4-6,8,10H,1,7,9H2,2-3H3,(H3,13,14,15);1H. The first kappa shape index (κ1) is 17.0. The van der Waals surface area contributed by atoms with Gasteiger partial charge in [-0.3, -0.25) is 9.89 Å². The van der Waals surface area contributed by atoms with Gasteiger partial charge >= 0.3 is 0 Å². The van der Waals surface area contributed by atoms with Crippen molar-refractivity contribution in [1.82, 2.24) is 10.2 Å². The zero-order chi connectivity index (χ0) is 12.7. The van der Waals surface area contributed by atoms with Crippen LogP contribution in [-0.2, 0) is 0 Å². The molecule has 1 atom stereocenters. The molecule has 1 aromatic rings. The van der Waals surface area contributed by atoms with Gasteiger partial charge in [0.15, 0.2) is 5.96 Å². The van der Waals surface area contributed by atoms with Crippen LogP contribution in [0.15, 0.2) is 40.5 Å². The summed E-state index contributed by atoms with van der Waals surface area (Å²) in [6, 6.07) is 3.90. The predicted molar refractivity (Wildman–Crippen MR) is 85.2 cm³/mol. The van der Waals surface area contributed by atoms with Gasteiger partial charge in [0.05, 0.1) is 18.8 Å². The fraction of sp³-hybridized carbons (Fsp3) is 0.417. The summed E-state index contributed by atoms with van der Waals surface area (Å²) in [4.78, 5) is 6.32. The largest absolute Gasteiger partial charge is 0.468 e. The number of aliphatic imine (C=N–C) groups is 1. The molecule has 0 aliphatic carbocycles. The smallest absolute Gasteiger partial charge is 0.188 e. The molecule has 0 aliphatic rings. The Labute approximate surface area is 125 Å². The van der Waals surface area contributed by atoms with E-state index in [2.05, 4.69) is 16.9 Å². The lowest BCUT2D eigenvalue weighted by molar-refractivity contribution is 0.265. The van der Waals surface area contributed by atoms with Crippen molar-refractivity contribution in [2.45, 2.75) is 6.04 Å². The molecule has 102 valence electrons. The molecule has 0 amide bonds. The van der Waals surface area contributed by atoms with Crippen LogP contribution in [0.5, 0.6) is 0 Å². The van der Waals surface area contributed by atoms with Crippen molar-refractivity contribution in [3.8, 4) is 0 Å². The maximum Gasteiger partial charge on any atom is 0.188 e. The molecule has 0 saturated carbocycles. The molecular formula is C12H21IN4O. The van der Waals surface area contributed by atoms with E-state index in [4.69, 9.17) is 10.2 Å². The van der Waals surface area contributed by atoms with Crippen molar-refractivity contribution in [2.75, 3.05) is 27.2 Å². The van der Waals surface area contributed by atoms with Crippen LogP contribution in [0.2, 0.25) is 0 Å². The first-order chi connectivity index (χ1) is 8.15. The van der Waals surface area contributed by atoms with E-state index in [-0.39, 0.29) is 30.0 Å². The van der Waals surface area contributed by atoms with E-state index in [1.54, 1.807) is 12.3 Å². The quantitative estimate of drug-likeness (QED) is 0.348. The molecular weight excluding hydrogens is 343 g/mol. The van der Waals surface area contributed by atoms with Crippen LogP contribution in [0.4, 0.5) is 0 Å². The number of rotatable bonds is 6. The summed E-state index contributed by atoms with van der Waals surface area (Å²) in [6.07, 6.45) is 3.40. The summed E-state index contributed by atoms with van der Waals surface area (Å²) in [6.45, 7) is 4.77. The molecule has 0 aromatic carbocycles. The third-order valence-corrected chi connectivity index (χ3v) is 2.36. The average molecular weight is 364 g/mol. The fourth-order valence-electron chi connectivity index (χ4n) is 1.41. The van der Waals surface area contributed by atoms with Gasteiger partial charge in [0.25, 0.3) is 0 Å². The summed E-state index contributed by atoms with van der Waals surface area (Å²) in [5.41, 5.74) is 5.70. The molecule has 0 saturated heterocycles. The van der Waals surface area contributed by atoms with Crippen molar-refractivity contribution in [3.05, 3.63) is 36.8 Å². The summed E-state index contributed by atoms with van der Waals surface area (Å²) < 4.78 is 5.38. The van der Waals surface area contributed by atoms with E-state index in [1.807, 2.05) is 31.1 Å². The van der Waals surface area contributed by atoms with Crippen LogP contribution in [0, 0.1) is 0 Å². The van der Waals surface area contributed by atoms with Crippen molar-refractivity contribution in [1.29, 1.82) is 0 Å². The van der Waals surface area contributed by atoms with Crippen molar-refractivity contribution in [2.24, 2.45) is 10.7 Å². The van der Waals surface area contributed by atoms with Gasteiger partial charge in [0, 0.05) is 6.54 Å². The fourth-order valence-corrected chi connectivity index (χ4v) is 1.41. The van der Waals surface area contributed by atoms with Crippen molar-refractivity contribution >= 4 is 29.9 Å². The van der Waals surface area contributed by atoms with Gasteiger partial charge < -0.3 is 15.5 Å². The highest BCUT2D eigenvalue weighted by atomic mass is 127. The highest BCUT2D eigenvalue weighted by Gasteiger charge is 2.16. The zero-order valence-corrected chi connectivity index (χ0v) is 13.1. The van der Waals surface area contributed by atoms with Gasteiger partial charge in [-0.2, -0.15) is 0 Å². The molecule has 1 heterocycles. The maximum absolute atomic E-state index is 5.70. The maximum atomic E-state index is 5.70. The van der Waals surface area contributed by atoms with Crippen LogP contribution >= 0.6 is 24.0 Å². The SMILES string of the molecule is C=CCNC(N)=NCC(c1ccco1)N(C)C.I. The van der Waals surface area contributed by atoms with E-state index < -0.39 is 0 Å². The Bertz CT molecular complexity index is 362. The third kappa shape index (κ3) is 5.54. The minimum absolute atomic E-state index is 0. The van der Waals surface area contributed by atoms with Gasteiger partial charge in [-0.05, 0) is 26.2 Å². The molecule has 1 aromatic heterocycles. The number of guanidine groups is 1. The lowest BCUT2D eigenvalue weighted by atomic mass is 10.2. The number of likely N-dealkylation sites (N-methyl/N-ethyl adjacent to an activating group) is 1. The molecule has 3 N–H and O–H groups in total. The second-order valence-electron chi connectivity index (χ2n) is 3.89. The Morgan fingerprint density at radius 1 is 1.67 bits per heavy atom. The molecule has 1 unspecified atom stereocenters. The minimum atomic E-state index is 0. The number of nitrogens with zero attached hydrogens (tertiary/aromatic N) is 2. The zero-order valence-electron chi connectivity index (χ0n) is 10.8. The number of halogens is 1. The first-order valence-corrected chi connectivity index (χ1v) is 5.49. The number of nitrogens with one attached hydrogen (secondary N) is 1. The number of hydrogen-bond acceptors (Lipinski definition) is 3. The van der Waals surface area contributed by atoms with E-state index in [9.17, 15) is 0 Å². The van der Waals surface area contributed by atoms with Gasteiger partial charge in [0.2, 0.25) is 0 Å². The highest BCUT2D eigenvalue weighted by Crippen LogP contribution is 2.18. The van der Waals surface area contributed by atoms with Crippen LogP contribution in [-0.4, -0.2) is 38.0 Å². The Morgan fingerprint density at radius 2 is 2.39 bits per heavy atom. The van der Waals surface area contributed by atoms with Gasteiger partial charge in [0.1, 0.15) is 5.76 Å². The number of furan rings is 1. The van der Waals surface area contributed by atoms with Gasteiger partial charge in [-0.15, -0.1) is 30.6 Å². The second-order valence-corrected chi connectivity index (χ2v) is 3.89. The van der Waals surface area contributed by atoms with Crippen LogP contribution < -0.4 is 11.1 Å². The first-order valence-electron chi connectivity index (χ1n) is 5.49. The van der Waals surface area contributed by atoms with E-state index in [0.29, 0.717) is 19.0 Å². The molecule has 18 heavy (non-hydrogen) atoms. The van der Waals surface area contributed by atoms with Crippen LogP contribution in [0.1, 0.15) is 11.8 Å². The lowest BCUT2D eigenvalue weighted by Gasteiger charge is -2.20. The molecule has 0 radical (unpaired) electrons. The second kappa shape index (κ2) is 8.98. The Kier molecular flexibility index (Phi) is 8.47. The lowest BCUT2D eigenvalue weighted by Crippen LogP contribution is -2.33. The molecule has 0 spiro atoms. The molecule has 0 fully saturated rings. The number of hydrogen-bond donors (Lipinski definition) is 2. The summed E-state index contributed by atoms with van der Waals surface area (Å²) in [5.74, 6) is 1.30. The summed E-state index contributed by atoms with van der Waals surface area (Å²) >= 11 is 0. The molecule has 0 bridgehead atoms. The highest BCUT2D eigenvalue weighted by molar-refractivity contribution is 14.0. The van der Waals surface area contributed by atoms with E-state index in [0.717, 1.165) is 5.76 Å². The monoisotopic (exact) mass is 364 g/mol. The minimum Gasteiger partial charge on any atom is -0.468 e. The van der Waals surface area contributed by atoms with Crippen molar-refractivity contribution < 1.29 is 4.42 Å². The number of nitrogens with two attached hydrogens (primary N) is 1. The van der Waals surface area contributed by atoms with Crippen LogP contribution in [0.25, 0.3) is 0 Å². The van der Waals surface area contributed by atoms with Crippen molar-refractivity contribution in [3.63, 3.8) is 0 Å². The topological polar surface area (TPSA) is 66.8 Å². The molecule has 6 heteroatoms. The Balaban J connectivity index is 0.00000289. The third-order valence-electron chi connectivity index (χ3n) is 2.36. The van der Waals surface area contributed by atoms with E-state index >= 15 is 0 Å². The normalized spacial score (nSPS) is 12.9. The average Bonchev–Trinajstić information content (AvgIpc) is 2.79. The van der Waals surface area contributed by atoms with Gasteiger partial charge in [-0.25, -0.2) is 0 Å². The van der Waals surface area contributed by atoms with Crippen LogP contribution in [0.3, 0.4) is 0 Å². The Morgan fingerprint density at radius 3 is 2.89 bits per heavy atom.